The number of hydrogen-bond acceptors (Lipinski definition) is 2. The third-order valence-electron chi connectivity index (χ3n) is 2.68. The largest absolute Gasteiger partial charge is 0.466 e. The van der Waals surface area contributed by atoms with Crippen molar-refractivity contribution < 1.29 is 9.53 Å². The van der Waals surface area contributed by atoms with Crippen molar-refractivity contribution in [2.75, 3.05) is 7.11 Å². The topological polar surface area (TPSA) is 26.3 Å². The van der Waals surface area contributed by atoms with Crippen molar-refractivity contribution in [1.82, 2.24) is 0 Å². The Morgan fingerprint density at radius 1 is 1.11 bits per heavy atom. The summed E-state index contributed by atoms with van der Waals surface area (Å²) in [6, 6.07) is 15.5. The molecule has 0 aromatic heterocycles. The number of rotatable bonds is 3. The molecule has 0 aliphatic heterocycles. The van der Waals surface area contributed by atoms with Crippen LogP contribution in [0.4, 0.5) is 0 Å². The second kappa shape index (κ2) is 6.21. The third kappa shape index (κ3) is 3.70. The van der Waals surface area contributed by atoms with Crippen LogP contribution in [-0.2, 0) is 9.53 Å². The van der Waals surface area contributed by atoms with E-state index in [1.165, 1.54) is 13.2 Å². The smallest absolute Gasteiger partial charge is 0.330 e. The van der Waals surface area contributed by atoms with Crippen molar-refractivity contribution in [3.8, 4) is 11.1 Å². The minimum atomic E-state index is -0.364. The summed E-state index contributed by atoms with van der Waals surface area (Å²) in [5, 5.41) is 0.713. The molecule has 0 aliphatic carbocycles. The molecule has 0 fully saturated rings. The van der Waals surface area contributed by atoms with E-state index in [1.54, 1.807) is 6.08 Å². The van der Waals surface area contributed by atoms with Gasteiger partial charge in [0.15, 0.2) is 0 Å². The van der Waals surface area contributed by atoms with E-state index in [2.05, 4.69) is 4.74 Å². The summed E-state index contributed by atoms with van der Waals surface area (Å²) in [7, 11) is 1.36. The highest BCUT2D eigenvalue weighted by atomic mass is 35.5. The van der Waals surface area contributed by atoms with Gasteiger partial charge in [0.1, 0.15) is 0 Å². The lowest BCUT2D eigenvalue weighted by molar-refractivity contribution is -0.134. The molecule has 3 heteroatoms. The molecule has 0 radical (unpaired) electrons. The Balaban J connectivity index is 2.26. The van der Waals surface area contributed by atoms with Gasteiger partial charge in [0.2, 0.25) is 0 Å². The Hall–Kier alpha value is -2.06. The highest BCUT2D eigenvalue weighted by molar-refractivity contribution is 6.30. The van der Waals surface area contributed by atoms with Gasteiger partial charge in [0, 0.05) is 11.1 Å². The van der Waals surface area contributed by atoms with Crippen LogP contribution in [0.25, 0.3) is 17.2 Å². The summed E-state index contributed by atoms with van der Waals surface area (Å²) in [5.74, 6) is -0.364. The lowest BCUT2D eigenvalue weighted by Gasteiger charge is -2.03. The monoisotopic (exact) mass is 272 g/mol. The number of methoxy groups -OCH3 is 1. The third-order valence-corrected chi connectivity index (χ3v) is 2.93. The minimum Gasteiger partial charge on any atom is -0.466 e. The van der Waals surface area contributed by atoms with Crippen molar-refractivity contribution in [1.29, 1.82) is 0 Å². The van der Waals surface area contributed by atoms with Crippen molar-refractivity contribution in [3.63, 3.8) is 0 Å². The van der Waals surface area contributed by atoms with Crippen LogP contribution in [0.1, 0.15) is 5.56 Å². The van der Waals surface area contributed by atoms with E-state index < -0.39 is 0 Å². The van der Waals surface area contributed by atoms with Crippen molar-refractivity contribution in [2.24, 2.45) is 0 Å². The van der Waals surface area contributed by atoms with Crippen molar-refractivity contribution in [3.05, 3.63) is 65.2 Å². The average molecular weight is 273 g/mol. The van der Waals surface area contributed by atoms with Crippen molar-refractivity contribution >= 4 is 23.6 Å². The lowest BCUT2D eigenvalue weighted by atomic mass is 10.0. The van der Waals surface area contributed by atoms with Crippen LogP contribution in [0.5, 0.6) is 0 Å². The molecular formula is C16H13ClO2. The normalized spacial score (nSPS) is 10.6. The second-order valence-corrected chi connectivity index (χ2v) is 4.43. The molecular weight excluding hydrogens is 260 g/mol. The molecule has 2 rings (SSSR count). The lowest BCUT2D eigenvalue weighted by Crippen LogP contribution is -1.93. The Bertz CT molecular complexity index is 600. The van der Waals surface area contributed by atoms with E-state index in [4.69, 9.17) is 11.6 Å². The summed E-state index contributed by atoms with van der Waals surface area (Å²) < 4.78 is 4.56. The highest BCUT2D eigenvalue weighted by Crippen LogP contribution is 2.22. The Labute approximate surface area is 117 Å². The number of halogens is 1. The highest BCUT2D eigenvalue weighted by Gasteiger charge is 1.99. The van der Waals surface area contributed by atoms with Crippen LogP contribution >= 0.6 is 11.6 Å². The van der Waals surface area contributed by atoms with Gasteiger partial charge in [-0.2, -0.15) is 0 Å². The summed E-state index contributed by atoms with van der Waals surface area (Å²) in [4.78, 5) is 11.1. The molecule has 0 heterocycles. The predicted octanol–water partition coefficient (Wildman–Crippen LogP) is 4.19. The molecule has 0 N–H and O–H groups in total. The summed E-state index contributed by atoms with van der Waals surface area (Å²) in [5.41, 5.74) is 3.10. The van der Waals surface area contributed by atoms with Crippen LogP contribution in [0.15, 0.2) is 54.6 Å². The number of ether oxygens (including phenoxy) is 1. The zero-order valence-electron chi connectivity index (χ0n) is 10.5. The van der Waals surface area contributed by atoms with Gasteiger partial charge in [-0.05, 0) is 41.0 Å². The number of benzene rings is 2. The van der Waals surface area contributed by atoms with Crippen LogP contribution in [0.3, 0.4) is 0 Å². The molecule has 0 atom stereocenters. The fourth-order valence-corrected chi connectivity index (χ4v) is 1.82. The van der Waals surface area contributed by atoms with Crippen molar-refractivity contribution in [2.45, 2.75) is 0 Å². The van der Waals surface area contributed by atoms with E-state index in [9.17, 15) is 4.79 Å². The molecule has 0 spiro atoms. The summed E-state index contributed by atoms with van der Waals surface area (Å²) in [6.07, 6.45) is 3.13. The molecule has 0 saturated heterocycles. The zero-order chi connectivity index (χ0) is 13.7. The van der Waals surface area contributed by atoms with Gasteiger partial charge in [-0.25, -0.2) is 4.79 Å². The van der Waals surface area contributed by atoms with Gasteiger partial charge in [-0.15, -0.1) is 0 Å². The van der Waals surface area contributed by atoms with E-state index >= 15 is 0 Å². The molecule has 0 unspecified atom stereocenters. The molecule has 0 bridgehead atoms. The minimum absolute atomic E-state index is 0.364. The van der Waals surface area contributed by atoms with Gasteiger partial charge >= 0.3 is 5.97 Å². The first kappa shape index (κ1) is 13.4. The van der Waals surface area contributed by atoms with Gasteiger partial charge in [0.05, 0.1) is 7.11 Å². The fourth-order valence-electron chi connectivity index (χ4n) is 1.70. The van der Waals surface area contributed by atoms with Crippen LogP contribution < -0.4 is 0 Å². The first-order valence-corrected chi connectivity index (χ1v) is 6.19. The molecule has 0 saturated carbocycles. The predicted molar refractivity (Wildman–Crippen MR) is 77.9 cm³/mol. The van der Waals surface area contributed by atoms with Gasteiger partial charge in [-0.1, -0.05) is 41.9 Å². The van der Waals surface area contributed by atoms with Crippen LogP contribution in [-0.4, -0.2) is 13.1 Å². The van der Waals surface area contributed by atoms with Gasteiger partial charge in [-0.3, -0.25) is 0 Å². The second-order valence-electron chi connectivity index (χ2n) is 3.99. The summed E-state index contributed by atoms with van der Waals surface area (Å²) >= 11 is 5.87. The molecule has 0 aliphatic rings. The Morgan fingerprint density at radius 2 is 1.84 bits per heavy atom. The first-order valence-electron chi connectivity index (χ1n) is 5.81. The van der Waals surface area contributed by atoms with Gasteiger partial charge in [0.25, 0.3) is 0 Å². The maximum atomic E-state index is 11.1. The number of esters is 1. The van der Waals surface area contributed by atoms with E-state index in [1.807, 2.05) is 48.5 Å². The zero-order valence-corrected chi connectivity index (χ0v) is 11.2. The maximum absolute atomic E-state index is 11.1. The number of hydrogen-bond donors (Lipinski definition) is 0. The number of carbonyl (C=O) groups is 1. The molecule has 2 aromatic rings. The van der Waals surface area contributed by atoms with Crippen LogP contribution in [0, 0.1) is 0 Å². The van der Waals surface area contributed by atoms with Gasteiger partial charge < -0.3 is 4.74 Å². The van der Waals surface area contributed by atoms with Crippen LogP contribution in [0.2, 0.25) is 5.02 Å². The molecule has 2 nitrogen and oxygen atoms in total. The molecule has 19 heavy (non-hydrogen) atoms. The number of carbonyl (C=O) groups excluding carboxylic acids is 1. The van der Waals surface area contributed by atoms with E-state index in [0.29, 0.717) is 5.02 Å². The standard InChI is InChI=1S/C16H13ClO2/c1-19-16(18)10-5-12-3-2-4-14(11-12)13-6-8-15(17)9-7-13/h2-11H,1H3. The average Bonchev–Trinajstić information content (AvgIpc) is 2.46. The molecule has 2 aromatic carbocycles. The SMILES string of the molecule is COC(=O)C=Cc1cccc(-c2ccc(Cl)cc2)c1. The Kier molecular flexibility index (Phi) is 4.37. The fraction of sp³-hybridized carbons (Fsp3) is 0.0625. The summed E-state index contributed by atoms with van der Waals surface area (Å²) in [6.45, 7) is 0. The molecule has 0 amide bonds. The Morgan fingerprint density at radius 3 is 2.53 bits per heavy atom. The first-order chi connectivity index (χ1) is 9.19. The maximum Gasteiger partial charge on any atom is 0.330 e. The van der Waals surface area contributed by atoms with E-state index in [-0.39, 0.29) is 5.97 Å². The molecule has 96 valence electrons. The quantitative estimate of drug-likeness (QED) is 0.618. The van der Waals surface area contributed by atoms with E-state index in [0.717, 1.165) is 16.7 Å².